The van der Waals surface area contributed by atoms with Crippen molar-refractivity contribution in [2.45, 2.75) is 118 Å². The number of rotatable bonds is 13. The zero-order valence-corrected chi connectivity index (χ0v) is 28.7. The summed E-state index contributed by atoms with van der Waals surface area (Å²) in [6, 6.07) is 13.9. The number of nitrogens with one attached hydrogen (secondary N) is 2. The summed E-state index contributed by atoms with van der Waals surface area (Å²) in [5.41, 5.74) is 0.985. The Morgan fingerprint density at radius 3 is 1.84 bits per heavy atom. The van der Waals surface area contributed by atoms with Crippen molar-refractivity contribution in [3.05, 3.63) is 71.3 Å². The molecule has 9 heteroatoms. The van der Waals surface area contributed by atoms with Crippen molar-refractivity contribution in [1.82, 2.24) is 15.5 Å². The van der Waals surface area contributed by atoms with Crippen LogP contribution in [0.3, 0.4) is 0 Å². The molecule has 0 radical (unpaired) electrons. The summed E-state index contributed by atoms with van der Waals surface area (Å²) in [6.07, 6.45) is 0.905. The van der Waals surface area contributed by atoms with Crippen molar-refractivity contribution in [2.24, 2.45) is 5.92 Å². The molecule has 0 aliphatic heterocycles. The fraction of sp³-hybridized carbons (Fsp3) is 0.556. The average Bonchev–Trinajstić information content (AvgIpc) is 2.96. The second-order valence-corrected chi connectivity index (χ2v) is 13.4. The lowest BCUT2D eigenvalue weighted by molar-refractivity contribution is -0.159. The molecular formula is C36H53N3O6. The van der Waals surface area contributed by atoms with Crippen molar-refractivity contribution < 1.29 is 28.7 Å². The number of ether oxygens (including phenoxy) is 2. The van der Waals surface area contributed by atoms with Crippen LogP contribution in [-0.2, 0) is 36.7 Å². The van der Waals surface area contributed by atoms with Gasteiger partial charge < -0.3 is 25.0 Å². The van der Waals surface area contributed by atoms with Crippen molar-refractivity contribution in [3.63, 3.8) is 0 Å². The minimum absolute atomic E-state index is 0.172. The normalized spacial score (nSPS) is 14.4. The van der Waals surface area contributed by atoms with Crippen LogP contribution in [0.25, 0.3) is 0 Å². The highest BCUT2D eigenvalue weighted by Crippen LogP contribution is 2.26. The highest BCUT2D eigenvalue weighted by molar-refractivity contribution is 5.94. The summed E-state index contributed by atoms with van der Waals surface area (Å²) >= 11 is 0. The van der Waals surface area contributed by atoms with E-state index < -0.39 is 53.2 Å². The fourth-order valence-corrected chi connectivity index (χ4v) is 4.84. The zero-order chi connectivity index (χ0) is 33.9. The van der Waals surface area contributed by atoms with Crippen LogP contribution in [0.15, 0.2) is 54.6 Å². The highest BCUT2D eigenvalue weighted by Gasteiger charge is 2.39. The Labute approximate surface area is 269 Å². The first-order chi connectivity index (χ1) is 21.0. The molecule has 2 rings (SSSR count). The van der Waals surface area contributed by atoms with Crippen molar-refractivity contribution in [2.75, 3.05) is 6.54 Å². The number of esters is 1. The molecule has 2 aromatic carbocycles. The second-order valence-electron chi connectivity index (χ2n) is 13.4. The summed E-state index contributed by atoms with van der Waals surface area (Å²) in [7, 11) is 0. The molecule has 0 fully saturated rings. The van der Waals surface area contributed by atoms with E-state index in [4.69, 9.17) is 9.47 Å². The standard InChI is InChI=1S/C36H53N3O6/c1-11-24(4)29(38-34(43)45-36(8,9)10)32(41)39(13-3)30(27-21-19-25(12-2)20-22-27)31(40)37-28(33(42)44-35(5,6)7)23-26-17-15-14-16-18-26/h14-22,24,28-30H,11-13,23H2,1-10H3,(H,37,40)(H,38,43). The van der Waals surface area contributed by atoms with Crippen LogP contribution in [0, 0.1) is 5.92 Å². The van der Waals surface area contributed by atoms with E-state index in [1.54, 1.807) is 48.5 Å². The smallest absolute Gasteiger partial charge is 0.408 e. The van der Waals surface area contributed by atoms with Crippen LogP contribution in [0.2, 0.25) is 0 Å². The van der Waals surface area contributed by atoms with Crippen molar-refractivity contribution >= 4 is 23.9 Å². The van der Waals surface area contributed by atoms with Gasteiger partial charge >= 0.3 is 12.1 Å². The van der Waals surface area contributed by atoms with Crippen molar-refractivity contribution in [1.29, 1.82) is 0 Å². The maximum absolute atomic E-state index is 14.3. The van der Waals surface area contributed by atoms with Crippen LogP contribution in [0.1, 0.15) is 98.4 Å². The van der Waals surface area contributed by atoms with E-state index in [1.807, 2.05) is 75.4 Å². The Hall–Kier alpha value is -3.88. The van der Waals surface area contributed by atoms with E-state index in [1.165, 1.54) is 4.90 Å². The predicted octanol–water partition coefficient (Wildman–Crippen LogP) is 6.15. The molecule has 45 heavy (non-hydrogen) atoms. The molecule has 0 saturated heterocycles. The number of carbonyl (C=O) groups excluding carboxylic acids is 4. The quantitative estimate of drug-likeness (QED) is 0.259. The van der Waals surface area contributed by atoms with Gasteiger partial charge in [0.05, 0.1) is 0 Å². The SMILES string of the molecule is CCc1ccc(C(C(=O)NC(Cc2ccccc2)C(=O)OC(C)(C)C)N(CC)C(=O)C(NC(=O)OC(C)(C)C)C(C)CC)cc1. The first-order valence-electron chi connectivity index (χ1n) is 16.0. The molecule has 0 aromatic heterocycles. The molecule has 0 bridgehead atoms. The third-order valence-corrected chi connectivity index (χ3v) is 7.33. The molecule has 248 valence electrons. The summed E-state index contributed by atoms with van der Waals surface area (Å²) in [5, 5.41) is 5.68. The minimum Gasteiger partial charge on any atom is -0.458 e. The molecule has 4 unspecified atom stereocenters. The summed E-state index contributed by atoms with van der Waals surface area (Å²) in [4.78, 5) is 56.3. The Bertz CT molecular complexity index is 1260. The van der Waals surface area contributed by atoms with E-state index in [0.717, 1.165) is 17.5 Å². The second kappa shape index (κ2) is 16.4. The number of likely N-dealkylation sites (N-methyl/N-ethyl adjacent to an activating group) is 1. The Morgan fingerprint density at radius 1 is 0.778 bits per heavy atom. The lowest BCUT2D eigenvalue weighted by atomic mass is 9.95. The van der Waals surface area contributed by atoms with Gasteiger partial charge in [0.1, 0.15) is 29.3 Å². The van der Waals surface area contributed by atoms with Gasteiger partial charge in [0.2, 0.25) is 11.8 Å². The van der Waals surface area contributed by atoms with Crippen molar-refractivity contribution in [3.8, 4) is 0 Å². The largest absolute Gasteiger partial charge is 0.458 e. The van der Waals surface area contributed by atoms with Gasteiger partial charge in [-0.3, -0.25) is 9.59 Å². The lowest BCUT2D eigenvalue weighted by Crippen LogP contribution is -2.56. The molecule has 0 heterocycles. The zero-order valence-electron chi connectivity index (χ0n) is 28.7. The summed E-state index contributed by atoms with van der Waals surface area (Å²) < 4.78 is 11.2. The number of nitrogens with zero attached hydrogens (tertiary/aromatic N) is 1. The molecule has 4 atom stereocenters. The third kappa shape index (κ3) is 11.9. The average molecular weight is 624 g/mol. The minimum atomic E-state index is -1.08. The Balaban J connectivity index is 2.56. The molecular weight excluding hydrogens is 570 g/mol. The highest BCUT2D eigenvalue weighted by atomic mass is 16.6. The van der Waals surface area contributed by atoms with E-state index >= 15 is 0 Å². The molecule has 0 aliphatic carbocycles. The Kier molecular flexibility index (Phi) is 13.6. The van der Waals surface area contributed by atoms with Crippen LogP contribution in [0.5, 0.6) is 0 Å². The third-order valence-electron chi connectivity index (χ3n) is 7.33. The molecule has 2 aromatic rings. The fourth-order valence-electron chi connectivity index (χ4n) is 4.84. The number of benzene rings is 2. The molecule has 0 saturated carbocycles. The topological polar surface area (TPSA) is 114 Å². The number of hydrogen-bond acceptors (Lipinski definition) is 6. The number of alkyl carbamates (subject to hydrolysis) is 1. The van der Waals surface area contributed by atoms with Crippen LogP contribution in [-0.4, -0.2) is 58.6 Å². The molecule has 0 aliphatic rings. The maximum atomic E-state index is 14.3. The predicted molar refractivity (Wildman–Crippen MR) is 176 cm³/mol. The van der Waals surface area contributed by atoms with Gasteiger partial charge in [0, 0.05) is 13.0 Å². The maximum Gasteiger partial charge on any atom is 0.408 e. The monoisotopic (exact) mass is 623 g/mol. The van der Waals surface area contributed by atoms with Gasteiger partial charge in [0.25, 0.3) is 0 Å². The van der Waals surface area contributed by atoms with Crippen LogP contribution >= 0.6 is 0 Å². The van der Waals surface area contributed by atoms with Crippen LogP contribution < -0.4 is 10.6 Å². The van der Waals surface area contributed by atoms with E-state index in [2.05, 4.69) is 10.6 Å². The van der Waals surface area contributed by atoms with Gasteiger partial charge in [-0.1, -0.05) is 81.8 Å². The number of carbonyl (C=O) groups is 4. The van der Waals surface area contributed by atoms with Gasteiger partial charge in [-0.25, -0.2) is 9.59 Å². The van der Waals surface area contributed by atoms with Crippen LogP contribution in [0.4, 0.5) is 4.79 Å². The molecule has 0 spiro atoms. The first kappa shape index (κ1) is 37.3. The van der Waals surface area contributed by atoms with Gasteiger partial charge in [0.15, 0.2) is 0 Å². The Morgan fingerprint density at radius 2 is 1.36 bits per heavy atom. The number of hydrogen-bond donors (Lipinski definition) is 2. The first-order valence-corrected chi connectivity index (χ1v) is 16.0. The summed E-state index contributed by atoms with van der Waals surface area (Å²) in [5.74, 6) is -1.77. The summed E-state index contributed by atoms with van der Waals surface area (Å²) in [6.45, 7) is 18.4. The van der Waals surface area contributed by atoms with E-state index in [-0.39, 0.29) is 18.9 Å². The molecule has 2 N–H and O–H groups in total. The van der Waals surface area contributed by atoms with E-state index in [0.29, 0.717) is 12.0 Å². The molecule has 3 amide bonds. The van der Waals surface area contributed by atoms with Gasteiger partial charge in [-0.05, 0) is 77.5 Å². The van der Waals surface area contributed by atoms with E-state index in [9.17, 15) is 19.2 Å². The van der Waals surface area contributed by atoms with Gasteiger partial charge in [-0.2, -0.15) is 0 Å². The number of amides is 3. The number of aryl methyl sites for hydroxylation is 1. The van der Waals surface area contributed by atoms with Gasteiger partial charge in [-0.15, -0.1) is 0 Å². The molecule has 9 nitrogen and oxygen atoms in total. The lowest BCUT2D eigenvalue weighted by Gasteiger charge is -2.36.